The summed E-state index contributed by atoms with van der Waals surface area (Å²) in [6, 6.07) is 0. The van der Waals surface area contributed by atoms with Gasteiger partial charge in [-0.2, -0.15) is 0 Å². The third-order valence-electron chi connectivity index (χ3n) is 1.91. The van der Waals surface area contributed by atoms with Crippen molar-refractivity contribution in [2.75, 3.05) is 20.6 Å². The van der Waals surface area contributed by atoms with Crippen LogP contribution in [0.1, 0.15) is 26.2 Å². The van der Waals surface area contributed by atoms with Gasteiger partial charge < -0.3 is 16.4 Å². The number of halogens is 1. The Hall–Kier alpha value is 0.170. The van der Waals surface area contributed by atoms with Gasteiger partial charge >= 0.3 is 0 Å². The van der Waals surface area contributed by atoms with E-state index < -0.39 is 5.66 Å². The Bertz CT molecular complexity index is 104. The topological polar surface area (TPSA) is 55.3 Å². The van der Waals surface area contributed by atoms with Gasteiger partial charge in [-0.3, -0.25) is 0 Å². The van der Waals surface area contributed by atoms with Crippen LogP contribution in [0.15, 0.2) is 0 Å². The average molecular weight is 196 g/mol. The molecule has 0 aromatic carbocycles. The minimum Gasteiger partial charge on any atom is -0.314 e. The maximum Gasteiger partial charge on any atom is 0.0634 e. The summed E-state index contributed by atoms with van der Waals surface area (Å²) < 4.78 is 0. The maximum atomic E-state index is 5.76. The van der Waals surface area contributed by atoms with Gasteiger partial charge in [-0.25, -0.2) is 0 Å². The zero-order valence-electron chi connectivity index (χ0n) is 8.34. The molecule has 0 heterocycles. The first kappa shape index (κ1) is 14.7. The lowest BCUT2D eigenvalue weighted by molar-refractivity contribution is 0.333. The van der Waals surface area contributed by atoms with Crippen LogP contribution in [-0.2, 0) is 0 Å². The van der Waals surface area contributed by atoms with E-state index in [1.165, 1.54) is 0 Å². The summed E-state index contributed by atoms with van der Waals surface area (Å²) in [7, 11) is 4.11. The highest BCUT2D eigenvalue weighted by Crippen LogP contribution is 2.06. The highest BCUT2D eigenvalue weighted by molar-refractivity contribution is 5.85. The number of rotatable bonds is 5. The summed E-state index contributed by atoms with van der Waals surface area (Å²) in [5.74, 6) is 0. The molecule has 0 aliphatic rings. The lowest BCUT2D eigenvalue weighted by Gasteiger charge is -2.23. The van der Waals surface area contributed by atoms with Crippen molar-refractivity contribution < 1.29 is 0 Å². The van der Waals surface area contributed by atoms with E-state index >= 15 is 0 Å². The molecule has 0 unspecified atom stereocenters. The smallest absolute Gasteiger partial charge is 0.0634 e. The molecule has 4 N–H and O–H groups in total. The fourth-order valence-corrected chi connectivity index (χ4v) is 0.901. The Labute approximate surface area is 81.9 Å². The van der Waals surface area contributed by atoms with Crippen LogP contribution in [0.4, 0.5) is 0 Å². The first-order valence-corrected chi connectivity index (χ1v) is 4.20. The Morgan fingerprint density at radius 2 is 1.75 bits per heavy atom. The zero-order chi connectivity index (χ0) is 8.91. The molecule has 0 radical (unpaired) electrons. The number of nitrogens with two attached hydrogens (primary N) is 2. The number of hydrogen-bond acceptors (Lipinski definition) is 3. The zero-order valence-corrected chi connectivity index (χ0v) is 9.16. The van der Waals surface area contributed by atoms with E-state index in [2.05, 4.69) is 19.0 Å². The van der Waals surface area contributed by atoms with E-state index in [9.17, 15) is 0 Å². The van der Waals surface area contributed by atoms with E-state index in [1.807, 2.05) is 6.92 Å². The normalized spacial score (nSPS) is 11.5. The van der Waals surface area contributed by atoms with Gasteiger partial charge in [0.2, 0.25) is 0 Å². The predicted molar refractivity (Wildman–Crippen MR) is 56.4 cm³/mol. The second-order valence-corrected chi connectivity index (χ2v) is 3.49. The van der Waals surface area contributed by atoms with Crippen molar-refractivity contribution in [2.24, 2.45) is 11.5 Å². The summed E-state index contributed by atoms with van der Waals surface area (Å²) in [5, 5.41) is 0. The molecule has 0 saturated carbocycles. The van der Waals surface area contributed by atoms with Gasteiger partial charge in [-0.15, -0.1) is 12.4 Å². The molecule has 0 spiro atoms. The standard InChI is InChI=1S/C8H21N3.ClH/c1-4-8(9,10)6-5-7-11(2)3;/h4-7,9-10H2,1-3H3;1H. The summed E-state index contributed by atoms with van der Waals surface area (Å²) in [6.07, 6.45) is 2.83. The van der Waals surface area contributed by atoms with Gasteiger partial charge in [0, 0.05) is 0 Å². The summed E-state index contributed by atoms with van der Waals surface area (Å²) >= 11 is 0. The third kappa shape index (κ3) is 8.27. The van der Waals surface area contributed by atoms with Crippen LogP contribution in [0.2, 0.25) is 0 Å². The van der Waals surface area contributed by atoms with Crippen molar-refractivity contribution in [3.8, 4) is 0 Å². The molecule has 0 aliphatic heterocycles. The van der Waals surface area contributed by atoms with Gasteiger partial charge in [0.15, 0.2) is 0 Å². The average Bonchev–Trinajstić information content (AvgIpc) is 1.87. The van der Waals surface area contributed by atoms with Crippen molar-refractivity contribution in [2.45, 2.75) is 31.8 Å². The van der Waals surface area contributed by atoms with Crippen molar-refractivity contribution in [1.82, 2.24) is 4.90 Å². The molecule has 0 aliphatic carbocycles. The molecule has 0 saturated heterocycles. The second kappa shape index (κ2) is 6.66. The first-order valence-electron chi connectivity index (χ1n) is 4.20. The quantitative estimate of drug-likeness (QED) is 0.638. The van der Waals surface area contributed by atoms with Crippen LogP contribution in [0, 0.1) is 0 Å². The van der Waals surface area contributed by atoms with E-state index in [-0.39, 0.29) is 12.4 Å². The third-order valence-corrected chi connectivity index (χ3v) is 1.91. The maximum absolute atomic E-state index is 5.76. The van der Waals surface area contributed by atoms with Crippen molar-refractivity contribution in [3.05, 3.63) is 0 Å². The Morgan fingerprint density at radius 1 is 1.25 bits per heavy atom. The Morgan fingerprint density at radius 3 is 2.08 bits per heavy atom. The fourth-order valence-electron chi connectivity index (χ4n) is 0.901. The molecule has 0 aromatic rings. The summed E-state index contributed by atoms with van der Waals surface area (Å²) in [4.78, 5) is 2.14. The summed E-state index contributed by atoms with van der Waals surface area (Å²) in [5.41, 5.74) is 11.1. The highest BCUT2D eigenvalue weighted by Gasteiger charge is 2.14. The largest absolute Gasteiger partial charge is 0.314 e. The van der Waals surface area contributed by atoms with Crippen LogP contribution in [0.25, 0.3) is 0 Å². The molecular formula is C8H22ClN3. The van der Waals surface area contributed by atoms with E-state index in [0.717, 1.165) is 25.8 Å². The van der Waals surface area contributed by atoms with Gasteiger partial charge in [0.25, 0.3) is 0 Å². The van der Waals surface area contributed by atoms with Gasteiger partial charge in [-0.1, -0.05) is 6.92 Å². The van der Waals surface area contributed by atoms with Crippen LogP contribution < -0.4 is 11.5 Å². The Kier molecular flexibility index (Phi) is 8.15. The lowest BCUT2D eigenvalue weighted by Crippen LogP contribution is -2.48. The lowest BCUT2D eigenvalue weighted by atomic mass is 10.0. The molecule has 76 valence electrons. The van der Waals surface area contributed by atoms with Crippen molar-refractivity contribution in [1.29, 1.82) is 0 Å². The monoisotopic (exact) mass is 195 g/mol. The molecule has 12 heavy (non-hydrogen) atoms. The van der Waals surface area contributed by atoms with Crippen molar-refractivity contribution in [3.63, 3.8) is 0 Å². The van der Waals surface area contributed by atoms with Crippen LogP contribution >= 0.6 is 12.4 Å². The highest BCUT2D eigenvalue weighted by atomic mass is 35.5. The van der Waals surface area contributed by atoms with E-state index in [1.54, 1.807) is 0 Å². The molecule has 3 nitrogen and oxygen atoms in total. The fraction of sp³-hybridized carbons (Fsp3) is 1.00. The van der Waals surface area contributed by atoms with Gasteiger partial charge in [0.05, 0.1) is 5.66 Å². The van der Waals surface area contributed by atoms with Crippen LogP contribution in [0.5, 0.6) is 0 Å². The molecule has 0 aromatic heterocycles. The molecular weight excluding hydrogens is 174 g/mol. The Balaban J connectivity index is 0. The van der Waals surface area contributed by atoms with Crippen molar-refractivity contribution >= 4 is 12.4 Å². The van der Waals surface area contributed by atoms with Gasteiger partial charge in [-0.05, 0) is 39.9 Å². The van der Waals surface area contributed by atoms with Crippen LogP contribution in [-0.4, -0.2) is 31.2 Å². The molecule has 0 rings (SSSR count). The molecule has 0 atom stereocenters. The van der Waals surface area contributed by atoms with E-state index in [4.69, 9.17) is 11.5 Å². The molecule has 4 heteroatoms. The summed E-state index contributed by atoms with van der Waals surface area (Å²) in [6.45, 7) is 3.09. The molecule has 0 bridgehead atoms. The first-order chi connectivity index (χ1) is 4.98. The minimum atomic E-state index is -0.448. The predicted octanol–water partition coefficient (Wildman–Crippen LogP) is 0.774. The number of hydrogen-bond donors (Lipinski definition) is 2. The second-order valence-electron chi connectivity index (χ2n) is 3.49. The number of nitrogens with zero attached hydrogens (tertiary/aromatic N) is 1. The SMILES string of the molecule is CCC(N)(N)CCCN(C)C.Cl. The molecule has 0 fully saturated rings. The van der Waals surface area contributed by atoms with Crippen LogP contribution in [0.3, 0.4) is 0 Å². The molecule has 0 amide bonds. The van der Waals surface area contributed by atoms with E-state index in [0.29, 0.717) is 0 Å². The van der Waals surface area contributed by atoms with Gasteiger partial charge in [0.1, 0.15) is 0 Å². The minimum absolute atomic E-state index is 0.